The molecule has 13 heteroatoms. The van der Waals surface area contributed by atoms with Crippen molar-refractivity contribution in [2.75, 3.05) is 6.54 Å². The van der Waals surface area contributed by atoms with Crippen LogP contribution in [0.1, 0.15) is 56.0 Å². The fourth-order valence-electron chi connectivity index (χ4n) is 3.67. The Bertz CT molecular complexity index is 1200. The van der Waals surface area contributed by atoms with Crippen LogP contribution in [0.15, 0.2) is 55.4 Å². The molecule has 0 aliphatic heterocycles. The van der Waals surface area contributed by atoms with Crippen LogP contribution in [0.25, 0.3) is 0 Å². The minimum absolute atomic E-state index is 0.205. The Hall–Kier alpha value is -4.23. The van der Waals surface area contributed by atoms with Crippen molar-refractivity contribution in [2.45, 2.75) is 64.3 Å². The van der Waals surface area contributed by atoms with Crippen molar-refractivity contribution in [3.8, 4) is 0 Å². The summed E-state index contributed by atoms with van der Waals surface area (Å²) in [7, 11) is 0. The Morgan fingerprint density at radius 2 is 1.55 bits per heavy atom. The summed E-state index contributed by atoms with van der Waals surface area (Å²) in [6.45, 7) is 7.54. The van der Waals surface area contributed by atoms with E-state index >= 15 is 0 Å². The van der Waals surface area contributed by atoms with Crippen LogP contribution in [0, 0.1) is 5.82 Å². The molecule has 0 unspecified atom stereocenters. The predicted molar refractivity (Wildman–Crippen MR) is 141 cm³/mol. The maximum absolute atomic E-state index is 13.2. The van der Waals surface area contributed by atoms with Gasteiger partial charge in [-0.3, -0.25) is 14.5 Å². The van der Waals surface area contributed by atoms with Gasteiger partial charge in [0.1, 0.15) is 11.6 Å². The number of rotatable bonds is 14. The standard InChI is InChI=1S/C21H26FN5.C6H8O7/c1-17(2)21-24-12-19(13-25-21)15-27(10-3-9-26-11-8-23-16-26)14-18-4-6-20(22)7-5-18;7-3(8)1-6(13,5(11)12)2-4(9)10/h4-8,11-13,16-17H,3,9-10,14-15H2,1-2H3;13H,1-2H2,(H,7,8)(H,9,10)(H,11,12). The number of nitrogens with zero attached hydrogens (tertiary/aromatic N) is 5. The summed E-state index contributed by atoms with van der Waals surface area (Å²) in [5.74, 6) is -4.04. The predicted octanol–water partition coefficient (Wildman–Crippen LogP) is 2.78. The number of benzene rings is 1. The quantitative estimate of drug-likeness (QED) is 0.228. The van der Waals surface area contributed by atoms with Crippen molar-refractivity contribution in [3.05, 3.63) is 78.1 Å². The van der Waals surface area contributed by atoms with Crippen LogP contribution in [0.5, 0.6) is 0 Å². The van der Waals surface area contributed by atoms with Crippen LogP contribution in [0.4, 0.5) is 4.39 Å². The lowest BCUT2D eigenvalue weighted by Gasteiger charge is -2.22. The Morgan fingerprint density at radius 3 is 2.02 bits per heavy atom. The molecule has 4 N–H and O–H groups in total. The molecule has 2 heterocycles. The van der Waals surface area contributed by atoms with Crippen molar-refractivity contribution in [2.24, 2.45) is 0 Å². The van der Waals surface area contributed by atoms with Gasteiger partial charge >= 0.3 is 17.9 Å². The lowest BCUT2D eigenvalue weighted by atomic mass is 9.96. The minimum atomic E-state index is -2.74. The third-order valence-electron chi connectivity index (χ3n) is 5.70. The Balaban J connectivity index is 0.000000366. The van der Waals surface area contributed by atoms with Gasteiger partial charge < -0.3 is 25.0 Å². The van der Waals surface area contributed by atoms with E-state index in [4.69, 9.17) is 20.4 Å². The van der Waals surface area contributed by atoms with Crippen molar-refractivity contribution in [3.63, 3.8) is 0 Å². The second-order valence-electron chi connectivity index (χ2n) is 9.57. The molecule has 40 heavy (non-hydrogen) atoms. The second-order valence-corrected chi connectivity index (χ2v) is 9.57. The second kappa shape index (κ2) is 15.4. The average Bonchev–Trinajstić information content (AvgIpc) is 3.38. The maximum atomic E-state index is 13.2. The molecule has 12 nitrogen and oxygen atoms in total. The molecule has 0 saturated carbocycles. The average molecular weight is 560 g/mol. The van der Waals surface area contributed by atoms with Crippen LogP contribution >= 0.6 is 0 Å². The molecule has 0 amide bonds. The molecule has 1 aromatic carbocycles. The zero-order valence-electron chi connectivity index (χ0n) is 22.4. The largest absolute Gasteiger partial charge is 0.481 e. The normalized spacial score (nSPS) is 11.2. The third kappa shape index (κ3) is 11.3. The fourth-order valence-corrected chi connectivity index (χ4v) is 3.67. The number of halogens is 1. The fraction of sp³-hybridized carbons (Fsp3) is 0.407. The van der Waals surface area contributed by atoms with Crippen molar-refractivity contribution in [1.29, 1.82) is 0 Å². The molecule has 3 aromatic rings. The highest BCUT2D eigenvalue weighted by molar-refractivity contribution is 5.88. The monoisotopic (exact) mass is 559 g/mol. The molecular formula is C27H34FN5O7. The molecule has 216 valence electrons. The van der Waals surface area contributed by atoms with E-state index in [1.807, 2.05) is 37.1 Å². The summed E-state index contributed by atoms with van der Waals surface area (Å²) in [6.07, 6.45) is 8.15. The van der Waals surface area contributed by atoms with E-state index < -0.39 is 36.4 Å². The maximum Gasteiger partial charge on any atom is 0.336 e. The van der Waals surface area contributed by atoms with Crippen molar-refractivity contribution < 1.29 is 39.2 Å². The first-order chi connectivity index (χ1) is 18.9. The molecular weight excluding hydrogens is 525 g/mol. The first kappa shape index (κ1) is 32.0. The van der Waals surface area contributed by atoms with Gasteiger partial charge in [-0.2, -0.15) is 0 Å². The zero-order chi connectivity index (χ0) is 29.7. The Morgan fingerprint density at radius 1 is 0.975 bits per heavy atom. The van der Waals surface area contributed by atoms with Crippen LogP contribution in [0.3, 0.4) is 0 Å². The zero-order valence-corrected chi connectivity index (χ0v) is 22.4. The van der Waals surface area contributed by atoms with E-state index in [0.717, 1.165) is 49.6 Å². The van der Waals surface area contributed by atoms with Gasteiger partial charge in [0, 0.05) is 62.4 Å². The summed E-state index contributed by atoms with van der Waals surface area (Å²) >= 11 is 0. The third-order valence-corrected chi connectivity index (χ3v) is 5.70. The summed E-state index contributed by atoms with van der Waals surface area (Å²) in [4.78, 5) is 45.9. The molecule has 0 saturated heterocycles. The number of hydrogen-bond acceptors (Lipinski definition) is 8. The van der Waals surface area contributed by atoms with E-state index in [2.05, 4.69) is 38.3 Å². The van der Waals surface area contributed by atoms with E-state index in [0.29, 0.717) is 5.92 Å². The summed E-state index contributed by atoms with van der Waals surface area (Å²) in [6, 6.07) is 6.71. The molecule has 0 radical (unpaired) electrons. The summed E-state index contributed by atoms with van der Waals surface area (Å²) in [5.41, 5.74) is -0.555. The number of imidazole rings is 1. The molecule has 0 aliphatic carbocycles. The summed E-state index contributed by atoms with van der Waals surface area (Å²) in [5, 5.41) is 33.8. The molecule has 0 aliphatic rings. The molecule has 2 aromatic heterocycles. The van der Waals surface area contributed by atoms with Gasteiger partial charge in [-0.15, -0.1) is 0 Å². The van der Waals surface area contributed by atoms with E-state index in [1.165, 1.54) is 12.1 Å². The number of carbonyl (C=O) groups is 3. The number of hydrogen-bond donors (Lipinski definition) is 4. The SMILES string of the molecule is CC(C)c1ncc(CN(CCCn2ccnc2)Cc2ccc(F)cc2)cn1.O=C(O)CC(O)(CC(=O)O)C(=O)O. The number of aliphatic hydroxyl groups is 1. The topological polar surface area (TPSA) is 179 Å². The van der Waals surface area contributed by atoms with Gasteiger partial charge in [-0.25, -0.2) is 24.1 Å². The first-order valence-electron chi connectivity index (χ1n) is 12.5. The first-order valence-corrected chi connectivity index (χ1v) is 12.5. The number of carboxylic acid groups (broad SMARTS) is 3. The molecule has 0 atom stereocenters. The van der Waals surface area contributed by atoms with Gasteiger partial charge in [0.15, 0.2) is 5.60 Å². The van der Waals surface area contributed by atoms with E-state index in [-0.39, 0.29) is 5.82 Å². The Kier molecular flexibility index (Phi) is 12.3. The lowest BCUT2D eigenvalue weighted by molar-refractivity contribution is -0.170. The minimum Gasteiger partial charge on any atom is -0.481 e. The number of aliphatic carboxylic acids is 3. The Labute approximate surface area is 230 Å². The smallest absolute Gasteiger partial charge is 0.336 e. The van der Waals surface area contributed by atoms with Gasteiger partial charge in [0.05, 0.1) is 19.2 Å². The van der Waals surface area contributed by atoms with Gasteiger partial charge in [-0.05, 0) is 24.1 Å². The van der Waals surface area contributed by atoms with Crippen LogP contribution in [-0.2, 0) is 34.0 Å². The molecule has 3 rings (SSSR count). The molecule has 0 fully saturated rings. The number of carboxylic acids is 3. The van der Waals surface area contributed by atoms with Crippen LogP contribution < -0.4 is 0 Å². The highest BCUT2D eigenvalue weighted by Gasteiger charge is 2.40. The van der Waals surface area contributed by atoms with Gasteiger partial charge in [-0.1, -0.05) is 26.0 Å². The highest BCUT2D eigenvalue weighted by atomic mass is 19.1. The summed E-state index contributed by atoms with van der Waals surface area (Å²) < 4.78 is 15.3. The van der Waals surface area contributed by atoms with E-state index in [1.54, 1.807) is 6.20 Å². The highest BCUT2D eigenvalue weighted by Crippen LogP contribution is 2.16. The molecule has 0 spiro atoms. The molecule has 0 bridgehead atoms. The van der Waals surface area contributed by atoms with Crippen LogP contribution in [-0.4, -0.2) is 74.9 Å². The number of aryl methyl sites for hydroxylation is 1. The number of aromatic nitrogens is 4. The van der Waals surface area contributed by atoms with Gasteiger partial charge in [0.2, 0.25) is 0 Å². The van der Waals surface area contributed by atoms with Crippen molar-refractivity contribution in [1.82, 2.24) is 24.4 Å². The lowest BCUT2D eigenvalue weighted by Crippen LogP contribution is -2.42. The van der Waals surface area contributed by atoms with Crippen molar-refractivity contribution >= 4 is 17.9 Å². The van der Waals surface area contributed by atoms with Gasteiger partial charge in [0.25, 0.3) is 0 Å². The van der Waals surface area contributed by atoms with Crippen LogP contribution in [0.2, 0.25) is 0 Å². The van der Waals surface area contributed by atoms with E-state index in [9.17, 15) is 18.8 Å².